The van der Waals surface area contributed by atoms with Crippen molar-refractivity contribution >= 4 is 23.7 Å². The van der Waals surface area contributed by atoms with Gasteiger partial charge in [-0.1, -0.05) is 6.07 Å². The Bertz CT molecular complexity index is 701. The van der Waals surface area contributed by atoms with Crippen LogP contribution in [0.4, 0.5) is 4.39 Å². The van der Waals surface area contributed by atoms with Crippen LogP contribution in [0.3, 0.4) is 0 Å². The lowest BCUT2D eigenvalue weighted by atomic mass is 10.2. The van der Waals surface area contributed by atoms with Crippen LogP contribution in [0.15, 0.2) is 24.3 Å². The third-order valence-electron chi connectivity index (χ3n) is 3.91. The molecule has 2 rings (SSSR count). The number of rotatable bonds is 5. The molecule has 0 atom stereocenters. The number of amides is 3. The van der Waals surface area contributed by atoms with Crippen LogP contribution in [-0.2, 0) is 19.1 Å². The molecule has 1 saturated heterocycles. The Hall–Kier alpha value is -2.97. The first-order valence-corrected chi connectivity index (χ1v) is 8.09. The summed E-state index contributed by atoms with van der Waals surface area (Å²) >= 11 is 0. The number of hydrogen-bond donors (Lipinski definition) is 1. The second-order valence-electron chi connectivity index (χ2n) is 5.74. The van der Waals surface area contributed by atoms with Crippen molar-refractivity contribution in [2.45, 2.75) is 6.92 Å². The monoisotopic (exact) mass is 365 g/mol. The molecule has 1 fully saturated rings. The minimum absolute atomic E-state index is 0.0439. The van der Waals surface area contributed by atoms with E-state index < -0.39 is 30.8 Å². The molecule has 9 heteroatoms. The average molecular weight is 365 g/mol. The van der Waals surface area contributed by atoms with E-state index in [1.54, 1.807) is 4.90 Å². The van der Waals surface area contributed by atoms with Crippen LogP contribution < -0.4 is 5.32 Å². The second-order valence-corrected chi connectivity index (χ2v) is 5.74. The summed E-state index contributed by atoms with van der Waals surface area (Å²) in [5.74, 6) is -2.36. The Morgan fingerprint density at radius 3 is 2.38 bits per heavy atom. The molecular formula is C17H20FN3O5. The highest BCUT2D eigenvalue weighted by Gasteiger charge is 2.23. The molecule has 0 spiro atoms. The van der Waals surface area contributed by atoms with E-state index in [1.165, 1.54) is 30.0 Å². The molecule has 26 heavy (non-hydrogen) atoms. The van der Waals surface area contributed by atoms with E-state index in [4.69, 9.17) is 4.74 Å². The van der Waals surface area contributed by atoms with E-state index >= 15 is 0 Å². The van der Waals surface area contributed by atoms with Crippen molar-refractivity contribution in [3.05, 3.63) is 35.6 Å². The first-order chi connectivity index (χ1) is 12.4. The zero-order valence-corrected chi connectivity index (χ0v) is 14.4. The summed E-state index contributed by atoms with van der Waals surface area (Å²) < 4.78 is 17.9. The number of carbonyl (C=O) groups excluding carboxylic acids is 4. The molecule has 8 nitrogen and oxygen atoms in total. The number of piperazine rings is 1. The van der Waals surface area contributed by atoms with Gasteiger partial charge in [0.2, 0.25) is 5.91 Å². The van der Waals surface area contributed by atoms with Crippen molar-refractivity contribution in [1.82, 2.24) is 15.1 Å². The number of esters is 1. The molecule has 0 radical (unpaired) electrons. The number of benzene rings is 1. The van der Waals surface area contributed by atoms with Crippen molar-refractivity contribution in [3.8, 4) is 0 Å². The minimum Gasteiger partial charge on any atom is -0.454 e. The SMILES string of the molecule is CC(=O)N1CCN(C(=O)COC(=O)CNC(=O)c2cccc(F)c2)CC1. The molecular weight excluding hydrogens is 345 g/mol. The predicted molar refractivity (Wildman–Crippen MR) is 88.5 cm³/mol. The van der Waals surface area contributed by atoms with Gasteiger partial charge in [-0.3, -0.25) is 19.2 Å². The standard InChI is InChI=1S/C17H20FN3O5/c1-12(22)20-5-7-21(8-6-20)15(23)11-26-16(24)10-19-17(25)13-3-2-4-14(18)9-13/h2-4,9H,5-8,10-11H2,1H3,(H,19,25). The largest absolute Gasteiger partial charge is 0.454 e. The lowest BCUT2D eigenvalue weighted by Gasteiger charge is -2.34. The van der Waals surface area contributed by atoms with Gasteiger partial charge < -0.3 is 19.9 Å². The fourth-order valence-electron chi connectivity index (χ4n) is 2.44. The molecule has 0 saturated carbocycles. The Balaban J connectivity index is 1.69. The summed E-state index contributed by atoms with van der Waals surface area (Å²) in [6.07, 6.45) is 0. The van der Waals surface area contributed by atoms with E-state index in [-0.39, 0.29) is 17.4 Å². The average Bonchev–Trinajstić information content (AvgIpc) is 2.64. The maximum atomic E-state index is 13.0. The second kappa shape index (κ2) is 8.93. The summed E-state index contributed by atoms with van der Waals surface area (Å²) in [5, 5.41) is 2.30. The van der Waals surface area contributed by atoms with Crippen LogP contribution in [0.2, 0.25) is 0 Å². The highest BCUT2D eigenvalue weighted by atomic mass is 19.1. The molecule has 3 amide bonds. The van der Waals surface area contributed by atoms with Gasteiger partial charge in [0.25, 0.3) is 11.8 Å². The van der Waals surface area contributed by atoms with E-state index in [9.17, 15) is 23.6 Å². The third-order valence-corrected chi connectivity index (χ3v) is 3.91. The summed E-state index contributed by atoms with van der Waals surface area (Å²) in [5.41, 5.74) is 0.0808. The minimum atomic E-state index is -0.773. The summed E-state index contributed by atoms with van der Waals surface area (Å²) in [7, 11) is 0. The Labute approximate surface area is 149 Å². The summed E-state index contributed by atoms with van der Waals surface area (Å²) in [4.78, 5) is 49.8. The maximum absolute atomic E-state index is 13.0. The van der Waals surface area contributed by atoms with E-state index in [0.29, 0.717) is 26.2 Å². The Morgan fingerprint density at radius 2 is 1.77 bits per heavy atom. The molecule has 1 heterocycles. The van der Waals surface area contributed by atoms with Crippen LogP contribution in [-0.4, -0.2) is 72.8 Å². The Kier molecular flexibility index (Phi) is 6.65. The van der Waals surface area contributed by atoms with E-state index in [2.05, 4.69) is 5.32 Å². The Morgan fingerprint density at radius 1 is 1.12 bits per heavy atom. The number of halogens is 1. The quantitative estimate of drug-likeness (QED) is 0.729. The highest BCUT2D eigenvalue weighted by molar-refractivity contribution is 5.96. The summed E-state index contributed by atoms with van der Waals surface area (Å²) in [6, 6.07) is 5.04. The molecule has 1 aromatic carbocycles. The summed E-state index contributed by atoms with van der Waals surface area (Å²) in [6.45, 7) is 2.25. The molecule has 1 aliphatic rings. The topological polar surface area (TPSA) is 96.0 Å². The smallest absolute Gasteiger partial charge is 0.325 e. The van der Waals surface area contributed by atoms with Gasteiger partial charge >= 0.3 is 5.97 Å². The van der Waals surface area contributed by atoms with Crippen LogP contribution >= 0.6 is 0 Å². The molecule has 0 bridgehead atoms. The van der Waals surface area contributed by atoms with E-state index in [0.717, 1.165) is 6.07 Å². The molecule has 0 aromatic heterocycles. The van der Waals surface area contributed by atoms with Gasteiger partial charge in [-0.15, -0.1) is 0 Å². The third kappa shape index (κ3) is 5.54. The normalized spacial score (nSPS) is 13.9. The van der Waals surface area contributed by atoms with Crippen molar-refractivity contribution in [2.75, 3.05) is 39.3 Å². The zero-order valence-electron chi connectivity index (χ0n) is 14.4. The number of nitrogens with one attached hydrogen (secondary N) is 1. The van der Waals surface area contributed by atoms with Crippen molar-refractivity contribution in [3.63, 3.8) is 0 Å². The lowest BCUT2D eigenvalue weighted by Crippen LogP contribution is -2.51. The highest BCUT2D eigenvalue weighted by Crippen LogP contribution is 2.04. The van der Waals surface area contributed by atoms with Crippen LogP contribution in [0.25, 0.3) is 0 Å². The molecule has 1 aliphatic heterocycles. The van der Waals surface area contributed by atoms with Gasteiger partial charge in [0.05, 0.1) is 0 Å². The van der Waals surface area contributed by atoms with Gasteiger partial charge in [0, 0.05) is 38.7 Å². The van der Waals surface area contributed by atoms with Crippen LogP contribution in [0.5, 0.6) is 0 Å². The fourth-order valence-corrected chi connectivity index (χ4v) is 2.44. The van der Waals surface area contributed by atoms with Gasteiger partial charge in [-0.05, 0) is 18.2 Å². The molecule has 0 unspecified atom stereocenters. The van der Waals surface area contributed by atoms with Crippen molar-refractivity contribution in [1.29, 1.82) is 0 Å². The van der Waals surface area contributed by atoms with Gasteiger partial charge in [-0.2, -0.15) is 0 Å². The van der Waals surface area contributed by atoms with Crippen LogP contribution in [0, 0.1) is 5.82 Å². The molecule has 140 valence electrons. The fraction of sp³-hybridized carbons (Fsp3) is 0.412. The van der Waals surface area contributed by atoms with Crippen molar-refractivity contribution in [2.24, 2.45) is 0 Å². The number of hydrogen-bond acceptors (Lipinski definition) is 5. The number of carbonyl (C=O) groups is 4. The van der Waals surface area contributed by atoms with Gasteiger partial charge in [-0.25, -0.2) is 4.39 Å². The maximum Gasteiger partial charge on any atom is 0.325 e. The predicted octanol–water partition coefficient (Wildman–Crippen LogP) is -0.211. The zero-order chi connectivity index (χ0) is 19.1. The first-order valence-electron chi connectivity index (χ1n) is 8.09. The van der Waals surface area contributed by atoms with Crippen LogP contribution in [0.1, 0.15) is 17.3 Å². The van der Waals surface area contributed by atoms with E-state index in [1.807, 2.05) is 0 Å². The van der Waals surface area contributed by atoms with Gasteiger partial charge in [0.15, 0.2) is 6.61 Å². The first kappa shape index (κ1) is 19.4. The number of nitrogens with zero attached hydrogens (tertiary/aromatic N) is 2. The van der Waals surface area contributed by atoms with Gasteiger partial charge in [0.1, 0.15) is 12.4 Å². The molecule has 1 aromatic rings. The lowest BCUT2D eigenvalue weighted by molar-refractivity contribution is -0.152. The molecule has 0 aliphatic carbocycles. The van der Waals surface area contributed by atoms with Crippen molar-refractivity contribution < 1.29 is 28.3 Å². The number of ether oxygens (including phenoxy) is 1. The molecule has 1 N–H and O–H groups in total.